The van der Waals surface area contributed by atoms with E-state index in [2.05, 4.69) is 62.2 Å². The predicted octanol–water partition coefficient (Wildman–Crippen LogP) is 7.83. The van der Waals surface area contributed by atoms with Gasteiger partial charge >= 0.3 is 5.97 Å². The largest absolute Gasteiger partial charge is 0.492 e. The van der Waals surface area contributed by atoms with Crippen molar-refractivity contribution in [2.24, 2.45) is 5.16 Å². The molecule has 1 aliphatic heterocycles. The average Bonchev–Trinajstić information content (AvgIpc) is 3.62. The fraction of sp³-hybridized carbons (Fsp3) is 0.460. The molecule has 2 heterocycles. The molecular weight excluding hydrogens is 849 g/mol. The van der Waals surface area contributed by atoms with Gasteiger partial charge in [0.2, 0.25) is 11.8 Å². The number of pyridine rings is 1. The quantitative estimate of drug-likeness (QED) is 0.0315. The van der Waals surface area contributed by atoms with E-state index in [0.717, 1.165) is 58.4 Å². The molecule has 1 N–H and O–H groups in total. The summed E-state index contributed by atoms with van der Waals surface area (Å²) in [7, 11) is 3.31. The SMILES string of the molecule is COC(=O)c1ccc(/C(=N/OCCOCCOCCOCCOc2cccc(N(C)CCOc3ccc(CC4SC(=O)NC4=O)cc3)n2)c2cc3c(cc2C)C(C)(C)CCC3(C)C)cc1. The summed E-state index contributed by atoms with van der Waals surface area (Å²) in [6, 6.07) is 25.0. The number of methoxy groups -OCH3 is 1. The Hall–Kier alpha value is -5.48. The highest BCUT2D eigenvalue weighted by atomic mass is 32.2. The molecule has 2 aliphatic rings. The van der Waals surface area contributed by atoms with E-state index < -0.39 is 11.2 Å². The van der Waals surface area contributed by atoms with Crippen molar-refractivity contribution in [3.05, 3.63) is 118 Å². The molecule has 1 saturated heterocycles. The average molecular weight is 911 g/mol. The number of nitrogens with one attached hydrogen (secondary N) is 1. The van der Waals surface area contributed by atoms with Gasteiger partial charge < -0.3 is 38.2 Å². The Morgan fingerprint density at radius 2 is 1.40 bits per heavy atom. The number of hydrogen-bond donors (Lipinski definition) is 1. The number of fused-ring (bicyclic) bond motifs is 1. The number of aromatic nitrogens is 1. The van der Waals surface area contributed by atoms with E-state index in [-0.39, 0.29) is 28.6 Å². The molecule has 0 spiro atoms. The maximum absolute atomic E-state index is 12.1. The minimum atomic E-state index is -0.394. The summed E-state index contributed by atoms with van der Waals surface area (Å²) >= 11 is 1.03. The van der Waals surface area contributed by atoms with Crippen LogP contribution < -0.4 is 19.7 Å². The van der Waals surface area contributed by atoms with E-state index in [1.165, 1.54) is 18.2 Å². The molecule has 14 nitrogen and oxygen atoms in total. The van der Waals surface area contributed by atoms with Gasteiger partial charge in [0.1, 0.15) is 37.1 Å². The molecule has 1 fully saturated rings. The minimum Gasteiger partial charge on any atom is -0.492 e. The summed E-state index contributed by atoms with van der Waals surface area (Å²) in [6.07, 6.45) is 2.71. The lowest BCUT2D eigenvalue weighted by atomic mass is 9.62. The van der Waals surface area contributed by atoms with Gasteiger partial charge in [-0.1, -0.05) is 81.0 Å². The van der Waals surface area contributed by atoms with E-state index in [9.17, 15) is 14.4 Å². The molecule has 0 saturated carbocycles. The number of thioether (sulfide) groups is 1. The maximum atomic E-state index is 12.1. The van der Waals surface area contributed by atoms with Gasteiger partial charge in [-0.25, -0.2) is 4.79 Å². The number of aryl methyl sites for hydroxylation is 1. The zero-order valence-electron chi connectivity index (χ0n) is 38.6. The first-order valence-corrected chi connectivity index (χ1v) is 22.9. The van der Waals surface area contributed by atoms with Crippen molar-refractivity contribution in [1.82, 2.24) is 10.3 Å². The molecule has 348 valence electrons. The van der Waals surface area contributed by atoms with Gasteiger partial charge in [0.25, 0.3) is 5.24 Å². The van der Waals surface area contributed by atoms with E-state index in [0.29, 0.717) is 83.0 Å². The number of carbonyl (C=O) groups is 3. The third-order valence-corrected chi connectivity index (χ3v) is 12.6. The van der Waals surface area contributed by atoms with Crippen molar-refractivity contribution >= 4 is 40.4 Å². The molecule has 65 heavy (non-hydrogen) atoms. The monoisotopic (exact) mass is 910 g/mol. The second-order valence-electron chi connectivity index (χ2n) is 17.3. The molecule has 0 radical (unpaired) electrons. The van der Waals surface area contributed by atoms with Gasteiger partial charge in [-0.15, -0.1) is 0 Å². The van der Waals surface area contributed by atoms with Crippen molar-refractivity contribution in [1.29, 1.82) is 0 Å². The second kappa shape index (κ2) is 23.1. The molecule has 6 rings (SSSR count). The number of likely N-dealkylation sites (N-methyl/N-ethyl adjacent to an activating group) is 1. The first-order valence-electron chi connectivity index (χ1n) is 22.1. The van der Waals surface area contributed by atoms with Crippen LogP contribution in [0.15, 0.2) is 84.0 Å². The number of nitrogens with zero attached hydrogens (tertiary/aromatic N) is 3. The number of amides is 2. The first kappa shape index (κ1) is 49.0. The highest BCUT2D eigenvalue weighted by Gasteiger charge is 2.38. The van der Waals surface area contributed by atoms with Crippen molar-refractivity contribution in [2.45, 2.75) is 70.0 Å². The fourth-order valence-electron chi connectivity index (χ4n) is 7.65. The van der Waals surface area contributed by atoms with Gasteiger partial charge in [-0.3, -0.25) is 14.9 Å². The Bertz CT molecular complexity index is 2270. The Morgan fingerprint density at radius 3 is 2.03 bits per heavy atom. The maximum Gasteiger partial charge on any atom is 0.337 e. The van der Waals surface area contributed by atoms with Crippen molar-refractivity contribution in [3.8, 4) is 11.6 Å². The van der Waals surface area contributed by atoms with Crippen LogP contribution in [0.1, 0.15) is 84.3 Å². The number of anilines is 1. The lowest BCUT2D eigenvalue weighted by Gasteiger charge is -2.42. The smallest absolute Gasteiger partial charge is 0.337 e. The van der Waals surface area contributed by atoms with Crippen LogP contribution in [0.5, 0.6) is 11.6 Å². The van der Waals surface area contributed by atoms with Crippen LogP contribution in [0.25, 0.3) is 0 Å². The summed E-state index contributed by atoms with van der Waals surface area (Å²) in [5, 5.41) is 6.27. The Morgan fingerprint density at radius 1 is 0.785 bits per heavy atom. The van der Waals surface area contributed by atoms with Gasteiger partial charge in [0.15, 0.2) is 0 Å². The zero-order chi connectivity index (χ0) is 46.4. The molecule has 3 aromatic carbocycles. The van der Waals surface area contributed by atoms with E-state index >= 15 is 0 Å². The predicted molar refractivity (Wildman–Crippen MR) is 252 cm³/mol. The van der Waals surface area contributed by atoms with Crippen LogP contribution in [0, 0.1) is 6.92 Å². The number of ether oxygens (including phenoxy) is 6. The van der Waals surface area contributed by atoms with Crippen molar-refractivity contribution in [2.75, 3.05) is 85.1 Å². The van der Waals surface area contributed by atoms with E-state index in [4.69, 9.17) is 33.3 Å². The molecular formula is C50H62N4O10S. The van der Waals surface area contributed by atoms with Crippen LogP contribution in [-0.4, -0.2) is 113 Å². The molecule has 1 unspecified atom stereocenters. The van der Waals surface area contributed by atoms with E-state index in [1.54, 1.807) is 12.1 Å². The van der Waals surface area contributed by atoms with Gasteiger partial charge in [-0.2, -0.15) is 4.98 Å². The molecule has 1 atom stereocenters. The molecule has 1 aromatic heterocycles. The third-order valence-electron chi connectivity index (χ3n) is 11.6. The first-order chi connectivity index (χ1) is 31.2. The molecule has 0 bridgehead atoms. The highest BCUT2D eigenvalue weighted by Crippen LogP contribution is 2.46. The third kappa shape index (κ3) is 13.8. The highest BCUT2D eigenvalue weighted by molar-refractivity contribution is 8.15. The normalized spacial score (nSPS) is 16.4. The van der Waals surface area contributed by atoms with Crippen LogP contribution in [0.3, 0.4) is 0 Å². The standard InChI is InChI=1S/C50H62N4O10S/c1-34-31-40-41(50(4,5)20-19-49(40,2)3)33-39(34)45(36-13-15-37(16-14-36)47(56)58-7)53-64-30-28-61-26-24-59-23-25-60-27-29-63-44-10-8-9-43(51-44)54(6)21-22-62-38-17-11-35(12-18-38)32-42-46(55)52-48(57)65-42/h8-18,31,33,42H,19-30,32H2,1-7H3,(H,52,55,57)/b53-45-. The van der Waals surface area contributed by atoms with Crippen LogP contribution >= 0.6 is 11.8 Å². The number of rotatable bonds is 24. The number of esters is 1. The number of benzene rings is 3. The second-order valence-corrected chi connectivity index (χ2v) is 18.5. The fourth-order valence-corrected chi connectivity index (χ4v) is 8.51. The Kier molecular flexibility index (Phi) is 17.4. The number of imide groups is 1. The van der Waals surface area contributed by atoms with Gasteiger partial charge in [0, 0.05) is 24.2 Å². The summed E-state index contributed by atoms with van der Waals surface area (Å²) < 4.78 is 33.8. The lowest BCUT2D eigenvalue weighted by molar-refractivity contribution is -0.118. The summed E-state index contributed by atoms with van der Waals surface area (Å²) in [5.74, 6) is 1.34. The summed E-state index contributed by atoms with van der Waals surface area (Å²) in [6.45, 7) is 15.4. The van der Waals surface area contributed by atoms with Crippen LogP contribution in [-0.2, 0) is 45.8 Å². The number of carbonyl (C=O) groups excluding carboxylic acids is 3. The molecule has 1 aliphatic carbocycles. The molecule has 15 heteroatoms. The van der Waals surface area contributed by atoms with E-state index in [1.807, 2.05) is 66.5 Å². The lowest BCUT2D eigenvalue weighted by Crippen LogP contribution is -2.34. The summed E-state index contributed by atoms with van der Waals surface area (Å²) in [4.78, 5) is 47.9. The number of hydrogen-bond acceptors (Lipinski definition) is 14. The van der Waals surface area contributed by atoms with Crippen LogP contribution in [0.2, 0.25) is 0 Å². The number of oxime groups is 1. The topological polar surface area (TPSA) is 156 Å². The molecule has 2 amide bonds. The molecule has 4 aromatic rings. The van der Waals surface area contributed by atoms with Gasteiger partial charge in [-0.05, 0) is 95.7 Å². The summed E-state index contributed by atoms with van der Waals surface area (Å²) in [5.41, 5.74) is 7.87. The zero-order valence-corrected chi connectivity index (χ0v) is 39.4. The van der Waals surface area contributed by atoms with Crippen LogP contribution in [0.4, 0.5) is 10.6 Å². The Balaban J connectivity index is 0.851. The van der Waals surface area contributed by atoms with Crippen molar-refractivity contribution in [3.63, 3.8) is 0 Å². The van der Waals surface area contributed by atoms with Crippen molar-refractivity contribution < 1.29 is 47.6 Å². The van der Waals surface area contributed by atoms with Gasteiger partial charge in [0.05, 0.1) is 64.1 Å². The minimum absolute atomic E-state index is 0.0229. The Labute approximate surface area is 386 Å².